The van der Waals surface area contributed by atoms with Gasteiger partial charge in [-0.15, -0.1) is 0 Å². The van der Waals surface area contributed by atoms with Gasteiger partial charge in [0.05, 0.1) is 6.61 Å². The number of allylic oxidation sites excluding steroid dienone is 2. The molecule has 0 N–H and O–H groups in total. The minimum Gasteiger partial charge on any atom is -0.462 e. The topological polar surface area (TPSA) is 49.9 Å². The van der Waals surface area contributed by atoms with Crippen LogP contribution in [0.3, 0.4) is 0 Å². The first kappa shape index (κ1) is 24.2. The molecule has 0 bridgehead atoms. The molecule has 5 nitrogen and oxygen atoms in total. The minimum absolute atomic E-state index is 0.111. The van der Waals surface area contributed by atoms with Gasteiger partial charge in [-0.25, -0.2) is 4.79 Å². The van der Waals surface area contributed by atoms with Gasteiger partial charge in [0.25, 0.3) is 0 Å². The summed E-state index contributed by atoms with van der Waals surface area (Å²) in [7, 11) is 2.19. The van der Waals surface area contributed by atoms with Crippen molar-refractivity contribution in [1.82, 2.24) is 9.80 Å². The molecule has 31 heavy (non-hydrogen) atoms. The highest BCUT2D eigenvalue weighted by Crippen LogP contribution is 2.45. The van der Waals surface area contributed by atoms with Crippen molar-refractivity contribution in [3.05, 3.63) is 23.3 Å². The summed E-state index contributed by atoms with van der Waals surface area (Å²) in [6.45, 7) is 14.7. The molecule has 1 saturated heterocycles. The molecule has 3 aliphatic rings. The summed E-state index contributed by atoms with van der Waals surface area (Å²) in [5.74, 6) is 1.02. The second kappa shape index (κ2) is 11.4. The number of piperazine rings is 1. The maximum absolute atomic E-state index is 12.6. The van der Waals surface area contributed by atoms with Crippen LogP contribution in [0, 0.1) is 17.8 Å². The van der Waals surface area contributed by atoms with Crippen LogP contribution in [0.4, 0.5) is 0 Å². The monoisotopic (exact) mass is 430 g/mol. The van der Waals surface area contributed by atoms with Crippen LogP contribution in [0.5, 0.6) is 0 Å². The van der Waals surface area contributed by atoms with Crippen molar-refractivity contribution in [3.8, 4) is 0 Å². The van der Waals surface area contributed by atoms with Crippen LogP contribution in [0.15, 0.2) is 23.3 Å². The number of hydrogen-bond acceptors (Lipinski definition) is 5. The fraction of sp³-hybridized carbons (Fsp3) is 0.769. The fourth-order valence-electron chi connectivity index (χ4n) is 5.40. The molecule has 3 atom stereocenters. The molecule has 0 aromatic rings. The van der Waals surface area contributed by atoms with Crippen LogP contribution < -0.4 is 0 Å². The van der Waals surface area contributed by atoms with Crippen molar-refractivity contribution < 1.29 is 14.3 Å². The number of ether oxygens (including phenoxy) is 1. The number of carbonyl (C=O) groups excluding carboxylic acids is 2. The van der Waals surface area contributed by atoms with Gasteiger partial charge >= 0.3 is 5.97 Å². The Bertz CT molecular complexity index is 691. The Kier molecular flexibility index (Phi) is 8.91. The van der Waals surface area contributed by atoms with Gasteiger partial charge in [0, 0.05) is 38.2 Å². The summed E-state index contributed by atoms with van der Waals surface area (Å²) >= 11 is 0. The summed E-state index contributed by atoms with van der Waals surface area (Å²) in [6.07, 6.45) is 7.89. The van der Waals surface area contributed by atoms with E-state index in [1.54, 1.807) is 0 Å². The molecular formula is C26H42N2O3. The number of likely N-dealkylation sites (N-methyl/N-ethyl adjacent to an activating group) is 1. The molecule has 1 heterocycles. The third-order valence-electron chi connectivity index (χ3n) is 7.83. The van der Waals surface area contributed by atoms with Crippen molar-refractivity contribution in [2.45, 2.75) is 65.2 Å². The molecule has 2 fully saturated rings. The third-order valence-corrected chi connectivity index (χ3v) is 7.83. The van der Waals surface area contributed by atoms with Crippen molar-refractivity contribution in [1.29, 1.82) is 0 Å². The van der Waals surface area contributed by atoms with Gasteiger partial charge < -0.3 is 14.5 Å². The molecule has 0 aromatic carbocycles. The van der Waals surface area contributed by atoms with Gasteiger partial charge in [-0.1, -0.05) is 31.9 Å². The Balaban J connectivity index is 1.33. The van der Waals surface area contributed by atoms with Crippen molar-refractivity contribution in [2.24, 2.45) is 17.8 Å². The molecule has 0 spiro atoms. The number of hydrogen-bond donors (Lipinski definition) is 0. The second-order valence-corrected chi connectivity index (χ2v) is 10.1. The van der Waals surface area contributed by atoms with Gasteiger partial charge in [-0.3, -0.25) is 4.79 Å². The van der Waals surface area contributed by atoms with Gasteiger partial charge in [0.2, 0.25) is 0 Å². The van der Waals surface area contributed by atoms with Crippen molar-refractivity contribution in [2.75, 3.05) is 46.4 Å². The summed E-state index contributed by atoms with van der Waals surface area (Å²) in [5.41, 5.74) is 2.80. The lowest BCUT2D eigenvalue weighted by atomic mass is 9.86. The number of Topliss-reactive ketones (excluding diaryl/α,β-unsaturated/α-hetero) is 1. The number of rotatable bonds is 9. The fourth-order valence-corrected chi connectivity index (χ4v) is 5.40. The van der Waals surface area contributed by atoms with Crippen molar-refractivity contribution >= 4 is 11.8 Å². The molecule has 0 amide bonds. The van der Waals surface area contributed by atoms with Gasteiger partial charge in [0.1, 0.15) is 0 Å². The van der Waals surface area contributed by atoms with E-state index >= 15 is 0 Å². The Labute approximate surface area is 188 Å². The molecule has 2 aliphatic carbocycles. The molecular weight excluding hydrogens is 388 g/mol. The molecule has 0 unspecified atom stereocenters. The van der Waals surface area contributed by atoms with E-state index in [1.165, 1.54) is 51.1 Å². The van der Waals surface area contributed by atoms with Crippen LogP contribution in [0.25, 0.3) is 0 Å². The van der Waals surface area contributed by atoms with E-state index in [-0.39, 0.29) is 17.7 Å². The number of carbonyl (C=O) groups is 2. The molecule has 0 aromatic heterocycles. The Hall–Kier alpha value is -1.46. The Morgan fingerprint density at radius 3 is 2.52 bits per heavy atom. The molecule has 0 radical (unpaired) electrons. The first-order chi connectivity index (χ1) is 14.9. The van der Waals surface area contributed by atoms with Crippen LogP contribution in [-0.4, -0.2) is 67.9 Å². The lowest BCUT2D eigenvalue weighted by Crippen LogP contribution is -2.44. The average molecular weight is 431 g/mol. The number of ketones is 1. The van der Waals surface area contributed by atoms with Crippen LogP contribution in [0.2, 0.25) is 0 Å². The first-order valence-electron chi connectivity index (χ1n) is 12.4. The number of unbranched alkanes of at least 4 members (excludes halogenated alkanes) is 3. The van der Waals surface area contributed by atoms with E-state index < -0.39 is 0 Å². The van der Waals surface area contributed by atoms with Crippen molar-refractivity contribution in [3.63, 3.8) is 0 Å². The van der Waals surface area contributed by atoms with Crippen LogP contribution in [-0.2, 0) is 14.3 Å². The van der Waals surface area contributed by atoms with E-state index in [1.807, 2.05) is 6.92 Å². The quantitative estimate of drug-likeness (QED) is 0.311. The van der Waals surface area contributed by atoms with E-state index in [0.717, 1.165) is 37.7 Å². The lowest BCUT2D eigenvalue weighted by Gasteiger charge is -2.32. The second-order valence-electron chi connectivity index (χ2n) is 10.1. The number of esters is 1. The summed E-state index contributed by atoms with van der Waals surface area (Å²) in [5, 5.41) is 0. The Morgan fingerprint density at radius 1 is 1.06 bits per heavy atom. The van der Waals surface area contributed by atoms with E-state index in [2.05, 4.69) is 30.4 Å². The highest BCUT2D eigenvalue weighted by molar-refractivity contribution is 5.98. The maximum Gasteiger partial charge on any atom is 0.333 e. The standard InChI is InChI=1S/C26H42N2O3/c1-19-9-10-22(17-24-21(3)25(29)18-23(19)24)20(2)26(30)31-16-8-6-5-7-11-28-14-12-27(4)13-15-28/h19,22-23H,2,5-18H2,1,3-4H3/t19-,22+,23-/m0/s1. The highest BCUT2D eigenvalue weighted by atomic mass is 16.5. The largest absolute Gasteiger partial charge is 0.462 e. The molecule has 1 aliphatic heterocycles. The van der Waals surface area contributed by atoms with Gasteiger partial charge in [-0.2, -0.15) is 0 Å². The zero-order chi connectivity index (χ0) is 22.4. The molecule has 174 valence electrons. The maximum atomic E-state index is 12.6. The summed E-state index contributed by atoms with van der Waals surface area (Å²) < 4.78 is 5.55. The van der Waals surface area contributed by atoms with Gasteiger partial charge in [-0.05, 0) is 75.9 Å². The number of fused-ring (bicyclic) bond motifs is 1. The predicted octanol–water partition coefficient (Wildman–Crippen LogP) is 4.24. The summed E-state index contributed by atoms with van der Waals surface area (Å²) in [4.78, 5) is 29.7. The lowest BCUT2D eigenvalue weighted by molar-refractivity contribution is -0.139. The zero-order valence-electron chi connectivity index (χ0n) is 20.0. The van der Waals surface area contributed by atoms with Crippen LogP contribution >= 0.6 is 0 Å². The van der Waals surface area contributed by atoms with E-state index in [9.17, 15) is 9.59 Å². The van der Waals surface area contributed by atoms with E-state index in [0.29, 0.717) is 30.4 Å². The van der Waals surface area contributed by atoms with Gasteiger partial charge in [0.15, 0.2) is 5.78 Å². The third kappa shape index (κ3) is 6.52. The zero-order valence-corrected chi connectivity index (χ0v) is 20.0. The average Bonchev–Trinajstić information content (AvgIpc) is 2.93. The van der Waals surface area contributed by atoms with E-state index in [4.69, 9.17) is 4.74 Å². The number of nitrogens with zero attached hydrogens (tertiary/aromatic N) is 2. The minimum atomic E-state index is -0.240. The molecule has 3 rings (SSSR count). The highest BCUT2D eigenvalue weighted by Gasteiger charge is 2.38. The van der Waals surface area contributed by atoms with Crippen LogP contribution in [0.1, 0.15) is 65.2 Å². The Morgan fingerprint density at radius 2 is 1.77 bits per heavy atom. The SMILES string of the molecule is C=C(C(=O)OCCCCCCN1CCN(C)CC1)[C@@H]1CC[C@H](C)[C@@H]2CC(=O)C(C)=C2C1. The molecule has 1 saturated carbocycles. The smallest absolute Gasteiger partial charge is 0.333 e. The molecule has 5 heteroatoms. The summed E-state index contributed by atoms with van der Waals surface area (Å²) in [6, 6.07) is 0. The normalized spacial score (nSPS) is 27.8. The predicted molar refractivity (Wildman–Crippen MR) is 125 cm³/mol. The first-order valence-corrected chi connectivity index (χ1v) is 12.4.